The second-order valence-electron chi connectivity index (χ2n) is 7.15. The van der Waals surface area contributed by atoms with E-state index in [1.54, 1.807) is 48.5 Å². The van der Waals surface area contributed by atoms with Crippen LogP contribution in [0, 0.1) is 22.6 Å². The van der Waals surface area contributed by atoms with Crippen LogP contribution in [-0.4, -0.2) is 30.9 Å². The van der Waals surface area contributed by atoms with Gasteiger partial charge in [-0.2, -0.15) is 0 Å². The van der Waals surface area contributed by atoms with E-state index in [1.807, 2.05) is 12.1 Å². The lowest BCUT2D eigenvalue weighted by Gasteiger charge is -2.11. The molecule has 0 radical (unpaired) electrons. The highest BCUT2D eigenvalue weighted by Gasteiger charge is 2.18. The number of rotatable bonds is 9. The van der Waals surface area contributed by atoms with E-state index in [0.717, 1.165) is 11.1 Å². The molecule has 3 rings (SSSR count). The molecular formula is C26H22FNO5. The van der Waals surface area contributed by atoms with E-state index in [2.05, 4.69) is 17.0 Å². The molecule has 6 nitrogen and oxygen atoms in total. The summed E-state index contributed by atoms with van der Waals surface area (Å²) in [6, 6.07) is 19.1. The van der Waals surface area contributed by atoms with Gasteiger partial charge >= 0.3 is 5.97 Å². The van der Waals surface area contributed by atoms with Gasteiger partial charge in [-0.15, -0.1) is 4.91 Å². The van der Waals surface area contributed by atoms with Gasteiger partial charge in [0, 0.05) is 24.7 Å². The van der Waals surface area contributed by atoms with Crippen LogP contribution in [-0.2, 0) is 16.0 Å². The molecule has 33 heavy (non-hydrogen) atoms. The minimum absolute atomic E-state index is 0.147. The first-order valence-corrected chi connectivity index (χ1v) is 10.1. The van der Waals surface area contributed by atoms with Gasteiger partial charge in [0.05, 0.1) is 0 Å². The molecule has 1 N–H and O–H groups in total. The van der Waals surface area contributed by atoms with Gasteiger partial charge < -0.3 is 14.6 Å². The van der Waals surface area contributed by atoms with Gasteiger partial charge in [-0.3, -0.25) is 0 Å². The fourth-order valence-corrected chi connectivity index (χ4v) is 3.21. The van der Waals surface area contributed by atoms with Crippen molar-refractivity contribution >= 4 is 5.97 Å². The molecule has 3 aromatic carbocycles. The summed E-state index contributed by atoms with van der Waals surface area (Å²) < 4.78 is 24.5. The maximum absolute atomic E-state index is 14.0. The molecule has 0 saturated carbocycles. The summed E-state index contributed by atoms with van der Waals surface area (Å²) in [7, 11) is 1.37. The Kier molecular flexibility index (Phi) is 8.28. The predicted molar refractivity (Wildman–Crippen MR) is 121 cm³/mol. The van der Waals surface area contributed by atoms with E-state index in [1.165, 1.54) is 19.2 Å². The molecule has 2 atom stereocenters. The molecule has 0 bridgehead atoms. The molecular weight excluding hydrogens is 425 g/mol. The molecule has 0 heterocycles. The molecule has 0 fully saturated rings. The van der Waals surface area contributed by atoms with Crippen molar-refractivity contribution < 1.29 is 23.8 Å². The van der Waals surface area contributed by atoms with Crippen molar-refractivity contribution in [2.75, 3.05) is 13.7 Å². The maximum atomic E-state index is 14.0. The lowest BCUT2D eigenvalue weighted by Crippen LogP contribution is -2.24. The number of carboxylic acids is 1. The van der Waals surface area contributed by atoms with Crippen molar-refractivity contribution in [2.24, 2.45) is 5.18 Å². The Labute approximate surface area is 191 Å². The minimum atomic E-state index is -1.00. The van der Waals surface area contributed by atoms with Gasteiger partial charge in [0.15, 0.2) is 6.10 Å². The number of halogens is 1. The van der Waals surface area contributed by atoms with Crippen LogP contribution in [0.25, 0.3) is 0 Å². The summed E-state index contributed by atoms with van der Waals surface area (Å²) in [6.07, 6.45) is -0.609. The zero-order valence-corrected chi connectivity index (χ0v) is 17.9. The average Bonchev–Trinajstić information content (AvgIpc) is 2.83. The fourth-order valence-electron chi connectivity index (χ4n) is 3.21. The minimum Gasteiger partial charge on any atom is -0.481 e. The average molecular weight is 447 g/mol. The van der Waals surface area contributed by atoms with Crippen molar-refractivity contribution in [3.05, 3.63) is 106 Å². The topological polar surface area (TPSA) is 85.2 Å². The van der Waals surface area contributed by atoms with Crippen molar-refractivity contribution in [3.8, 4) is 17.6 Å². The van der Waals surface area contributed by atoms with Crippen molar-refractivity contribution in [1.29, 1.82) is 0 Å². The molecule has 1 unspecified atom stereocenters. The first-order valence-electron chi connectivity index (χ1n) is 10.1. The van der Waals surface area contributed by atoms with E-state index in [9.17, 15) is 14.1 Å². The second kappa shape index (κ2) is 11.6. The van der Waals surface area contributed by atoms with Crippen LogP contribution in [0.3, 0.4) is 0 Å². The van der Waals surface area contributed by atoms with Crippen molar-refractivity contribution in [3.63, 3.8) is 0 Å². The monoisotopic (exact) mass is 447 g/mol. The van der Waals surface area contributed by atoms with E-state index in [-0.39, 0.29) is 18.6 Å². The highest BCUT2D eigenvalue weighted by atomic mass is 19.1. The number of nitroso groups, excluding NO2 is 1. The predicted octanol–water partition coefficient (Wildman–Crippen LogP) is 4.75. The second-order valence-corrected chi connectivity index (χ2v) is 7.15. The molecule has 0 saturated heterocycles. The zero-order valence-electron chi connectivity index (χ0n) is 17.9. The van der Waals surface area contributed by atoms with Crippen LogP contribution >= 0.6 is 0 Å². The number of aliphatic carboxylic acids is 1. The van der Waals surface area contributed by atoms with Crippen LogP contribution < -0.4 is 4.74 Å². The highest BCUT2D eigenvalue weighted by molar-refractivity contribution is 5.72. The number of hydrogen-bond donors (Lipinski definition) is 1. The maximum Gasteiger partial charge on any atom is 0.333 e. The first kappa shape index (κ1) is 23.6. The van der Waals surface area contributed by atoms with Crippen LogP contribution in [0.5, 0.6) is 5.75 Å². The van der Waals surface area contributed by atoms with E-state index >= 15 is 0 Å². The smallest absolute Gasteiger partial charge is 0.333 e. The number of nitrogens with zero attached hydrogens (tertiary/aromatic N) is 1. The van der Waals surface area contributed by atoms with Crippen molar-refractivity contribution in [1.82, 2.24) is 0 Å². The van der Waals surface area contributed by atoms with Gasteiger partial charge in [-0.05, 0) is 41.5 Å². The summed E-state index contributed by atoms with van der Waals surface area (Å²) >= 11 is 0. The third kappa shape index (κ3) is 6.48. The van der Waals surface area contributed by atoms with E-state index in [4.69, 9.17) is 14.6 Å². The van der Waals surface area contributed by atoms with Gasteiger partial charge in [0.25, 0.3) is 0 Å². The Morgan fingerprint density at radius 3 is 2.36 bits per heavy atom. The quantitative estimate of drug-likeness (QED) is 0.378. The SMILES string of the molecule is CO[C@@H](Cc1ccc(C#CCOc2ccc(C(N=O)c3ccccc3F)cc2)cc1)C(=O)O. The Morgan fingerprint density at radius 2 is 1.76 bits per heavy atom. The van der Waals surface area contributed by atoms with Gasteiger partial charge in [-0.25, -0.2) is 9.18 Å². The van der Waals surface area contributed by atoms with E-state index in [0.29, 0.717) is 11.3 Å². The van der Waals surface area contributed by atoms with Crippen LogP contribution in [0.1, 0.15) is 28.3 Å². The molecule has 0 spiro atoms. The molecule has 0 amide bonds. The molecule has 0 aliphatic heterocycles. The lowest BCUT2D eigenvalue weighted by molar-refractivity contribution is -0.148. The summed E-state index contributed by atoms with van der Waals surface area (Å²) in [5.41, 5.74) is 2.39. The van der Waals surface area contributed by atoms with Gasteiger partial charge in [0.2, 0.25) is 0 Å². The molecule has 7 heteroatoms. The Hall–Kier alpha value is -4.02. The van der Waals surface area contributed by atoms with Crippen LogP contribution in [0.15, 0.2) is 78.0 Å². The molecule has 0 aromatic heterocycles. The number of ether oxygens (including phenoxy) is 2. The third-order valence-corrected chi connectivity index (χ3v) is 4.98. The highest BCUT2D eigenvalue weighted by Crippen LogP contribution is 2.29. The molecule has 0 aliphatic rings. The van der Waals surface area contributed by atoms with Gasteiger partial charge in [-0.1, -0.05) is 59.5 Å². The normalized spacial score (nSPS) is 12.2. The number of carbonyl (C=O) groups is 1. The number of methoxy groups -OCH3 is 1. The van der Waals surface area contributed by atoms with E-state index < -0.39 is 23.9 Å². The number of benzene rings is 3. The van der Waals surface area contributed by atoms with Gasteiger partial charge in [0.1, 0.15) is 24.2 Å². The van der Waals surface area contributed by atoms with Crippen LogP contribution in [0.2, 0.25) is 0 Å². The summed E-state index contributed by atoms with van der Waals surface area (Å²) in [6.45, 7) is 0.147. The summed E-state index contributed by atoms with van der Waals surface area (Å²) in [5.74, 6) is 4.96. The summed E-state index contributed by atoms with van der Waals surface area (Å²) in [4.78, 5) is 22.4. The van der Waals surface area contributed by atoms with Crippen LogP contribution in [0.4, 0.5) is 4.39 Å². The Balaban J connectivity index is 1.56. The molecule has 3 aromatic rings. The third-order valence-electron chi connectivity index (χ3n) is 4.98. The molecule has 168 valence electrons. The Morgan fingerprint density at radius 1 is 1.06 bits per heavy atom. The first-order chi connectivity index (χ1) is 16.0. The fraction of sp³-hybridized carbons (Fsp3) is 0.192. The number of hydrogen-bond acceptors (Lipinski definition) is 5. The summed E-state index contributed by atoms with van der Waals surface area (Å²) in [5, 5.41) is 12.1. The lowest BCUT2D eigenvalue weighted by atomic mass is 9.99. The Bertz CT molecular complexity index is 1150. The number of carboxylic acid groups (broad SMARTS) is 1. The van der Waals surface area contributed by atoms with Crippen molar-refractivity contribution in [2.45, 2.75) is 18.6 Å². The zero-order chi connectivity index (χ0) is 23.6. The largest absolute Gasteiger partial charge is 0.481 e. The standard InChI is InChI=1S/C26H22FNO5/c1-32-24(26(29)30)17-19-10-8-18(9-11-19)5-4-16-33-21-14-12-20(13-15-21)25(28-31)22-6-2-3-7-23(22)27/h2-3,6-15,24-25H,16-17H2,1H3,(H,29,30)/t24-,25?/m0/s1. The molecule has 0 aliphatic carbocycles.